The first-order chi connectivity index (χ1) is 12.4. The van der Waals surface area contributed by atoms with E-state index in [2.05, 4.69) is 4.74 Å². The summed E-state index contributed by atoms with van der Waals surface area (Å²) in [5, 5.41) is 8.97. The monoisotopic (exact) mass is 370 g/mol. The Labute approximate surface area is 151 Å². The lowest BCUT2D eigenvalue weighted by atomic mass is 10.0. The van der Waals surface area contributed by atoms with Crippen LogP contribution in [0.1, 0.15) is 25.3 Å². The van der Waals surface area contributed by atoms with Crippen molar-refractivity contribution >= 4 is 11.9 Å². The number of nitrogens with zero attached hydrogens (tertiary/aromatic N) is 2. The molecule has 8 heteroatoms. The Hall–Kier alpha value is -2.22. The van der Waals surface area contributed by atoms with Gasteiger partial charge in [0.1, 0.15) is 5.75 Å². The van der Waals surface area contributed by atoms with Crippen molar-refractivity contribution in [3.63, 3.8) is 0 Å². The fraction of sp³-hybridized carbons (Fsp3) is 0.556. The van der Waals surface area contributed by atoms with Gasteiger partial charge in [0.05, 0.1) is 13.0 Å². The molecule has 1 aromatic rings. The fourth-order valence-corrected chi connectivity index (χ4v) is 3.29. The van der Waals surface area contributed by atoms with Crippen molar-refractivity contribution in [3.05, 3.63) is 29.8 Å². The van der Waals surface area contributed by atoms with Crippen LogP contribution in [0.3, 0.4) is 0 Å². The zero-order chi connectivity index (χ0) is 19.1. The van der Waals surface area contributed by atoms with Gasteiger partial charge >= 0.3 is 12.6 Å². The summed E-state index contributed by atoms with van der Waals surface area (Å²) in [5.74, 6) is -0.986. The summed E-state index contributed by atoms with van der Waals surface area (Å²) < 4.78 is 29.4. The summed E-state index contributed by atoms with van der Waals surface area (Å²) in [5.41, 5.74) is 0.431. The van der Waals surface area contributed by atoms with Gasteiger partial charge < -0.3 is 14.7 Å². The molecule has 1 heterocycles. The van der Waals surface area contributed by atoms with Gasteiger partial charge in [-0.15, -0.1) is 0 Å². The minimum absolute atomic E-state index is 0.000177. The van der Waals surface area contributed by atoms with Crippen molar-refractivity contribution < 1.29 is 28.2 Å². The zero-order valence-electron chi connectivity index (χ0n) is 14.7. The van der Waals surface area contributed by atoms with Gasteiger partial charge in [-0.2, -0.15) is 8.78 Å². The second kappa shape index (κ2) is 9.47. The van der Waals surface area contributed by atoms with Gasteiger partial charge in [0.2, 0.25) is 5.91 Å². The highest BCUT2D eigenvalue weighted by Crippen LogP contribution is 2.23. The van der Waals surface area contributed by atoms with Crippen molar-refractivity contribution in [1.82, 2.24) is 9.80 Å². The van der Waals surface area contributed by atoms with E-state index in [0.717, 1.165) is 0 Å². The van der Waals surface area contributed by atoms with Gasteiger partial charge in [-0.3, -0.25) is 14.5 Å². The Balaban J connectivity index is 1.92. The Morgan fingerprint density at radius 2 is 1.96 bits per heavy atom. The third-order valence-corrected chi connectivity index (χ3v) is 4.61. The number of carboxylic acid groups (broad SMARTS) is 1. The molecule has 144 valence electrons. The predicted octanol–water partition coefficient (Wildman–Crippen LogP) is 2.23. The lowest BCUT2D eigenvalue weighted by molar-refractivity contribution is -0.140. The van der Waals surface area contributed by atoms with Crippen LogP contribution in [-0.2, 0) is 16.0 Å². The summed E-state index contributed by atoms with van der Waals surface area (Å²) >= 11 is 0. The predicted molar refractivity (Wildman–Crippen MR) is 91.3 cm³/mol. The van der Waals surface area contributed by atoms with Crippen LogP contribution in [0.25, 0.3) is 0 Å². The Kier molecular flexibility index (Phi) is 7.32. The average molecular weight is 370 g/mol. The van der Waals surface area contributed by atoms with E-state index in [1.165, 1.54) is 6.07 Å². The standard InChI is InChI=1S/C18H24F2N2O4/c1-2-21(12-17(24)25)14-7-9-22(10-8-14)16(23)11-13-5-3-4-6-15(13)26-18(19)20/h3-6,14,18H,2,7-12H2,1H3,(H,24,25). The molecule has 6 nitrogen and oxygen atoms in total. The van der Waals surface area contributed by atoms with Crippen LogP contribution in [-0.4, -0.2) is 65.6 Å². The summed E-state index contributed by atoms with van der Waals surface area (Å²) in [6.07, 6.45) is 1.39. The minimum atomic E-state index is -2.93. The van der Waals surface area contributed by atoms with E-state index in [1.807, 2.05) is 11.8 Å². The molecule has 2 rings (SSSR count). The maximum Gasteiger partial charge on any atom is 0.387 e. The number of ether oxygens (including phenoxy) is 1. The number of para-hydroxylation sites is 1. The first-order valence-electron chi connectivity index (χ1n) is 8.67. The molecule has 26 heavy (non-hydrogen) atoms. The smallest absolute Gasteiger partial charge is 0.387 e. The van der Waals surface area contributed by atoms with Gasteiger partial charge in [0, 0.05) is 24.7 Å². The van der Waals surface area contributed by atoms with Crippen LogP contribution < -0.4 is 4.74 Å². The molecule has 0 aromatic heterocycles. The first kappa shape index (κ1) is 20.1. The average Bonchev–Trinajstić information content (AvgIpc) is 2.61. The first-order valence-corrected chi connectivity index (χ1v) is 8.67. The maximum atomic E-state index is 12.5. The molecule has 1 aromatic carbocycles. The highest BCUT2D eigenvalue weighted by atomic mass is 19.3. The third-order valence-electron chi connectivity index (χ3n) is 4.61. The highest BCUT2D eigenvalue weighted by molar-refractivity contribution is 5.79. The topological polar surface area (TPSA) is 70.1 Å². The molecule has 1 N–H and O–H groups in total. The van der Waals surface area contributed by atoms with Crippen LogP contribution >= 0.6 is 0 Å². The third kappa shape index (κ3) is 5.66. The summed E-state index contributed by atoms with van der Waals surface area (Å²) in [6.45, 7) is 0.669. The number of rotatable bonds is 8. The van der Waals surface area contributed by atoms with Crippen molar-refractivity contribution in [3.8, 4) is 5.75 Å². The summed E-state index contributed by atoms with van der Waals surface area (Å²) in [7, 11) is 0. The second-order valence-corrected chi connectivity index (χ2v) is 6.23. The van der Waals surface area contributed by atoms with Crippen LogP contribution in [0, 0.1) is 0 Å². The summed E-state index contributed by atoms with van der Waals surface area (Å²) in [4.78, 5) is 27.0. The van der Waals surface area contributed by atoms with Gasteiger partial charge in [0.15, 0.2) is 0 Å². The number of halogens is 2. The van der Waals surface area contributed by atoms with Crippen LogP contribution in [0.5, 0.6) is 5.75 Å². The van der Waals surface area contributed by atoms with Crippen molar-refractivity contribution in [1.29, 1.82) is 0 Å². The molecule has 0 bridgehead atoms. The molecule has 0 atom stereocenters. The number of hydrogen-bond donors (Lipinski definition) is 1. The summed E-state index contributed by atoms with van der Waals surface area (Å²) in [6, 6.07) is 6.42. The van der Waals surface area contributed by atoms with Crippen molar-refractivity contribution in [2.45, 2.75) is 38.8 Å². The normalized spacial score (nSPS) is 15.5. The number of likely N-dealkylation sites (tertiary alicyclic amines) is 1. The number of carboxylic acids is 1. The SMILES string of the molecule is CCN(CC(=O)O)C1CCN(C(=O)Cc2ccccc2OC(F)F)CC1. The maximum absolute atomic E-state index is 12.5. The van der Waals surface area contributed by atoms with Crippen molar-refractivity contribution in [2.75, 3.05) is 26.2 Å². The molecule has 1 fully saturated rings. The van der Waals surface area contributed by atoms with E-state index in [0.29, 0.717) is 38.0 Å². The van der Waals surface area contributed by atoms with E-state index in [-0.39, 0.29) is 30.7 Å². The van der Waals surface area contributed by atoms with E-state index < -0.39 is 12.6 Å². The molecular weight excluding hydrogens is 346 g/mol. The quantitative estimate of drug-likeness (QED) is 0.760. The van der Waals surface area contributed by atoms with E-state index in [1.54, 1.807) is 23.1 Å². The zero-order valence-corrected chi connectivity index (χ0v) is 14.7. The largest absolute Gasteiger partial charge is 0.480 e. The molecule has 1 aliphatic heterocycles. The number of alkyl halides is 2. The Morgan fingerprint density at radius 1 is 1.31 bits per heavy atom. The number of amides is 1. The number of carbonyl (C=O) groups is 2. The second-order valence-electron chi connectivity index (χ2n) is 6.23. The molecule has 1 aliphatic rings. The Bertz CT molecular complexity index is 619. The van der Waals surface area contributed by atoms with Crippen LogP contribution in [0.15, 0.2) is 24.3 Å². The molecular formula is C18H24F2N2O4. The number of aliphatic carboxylic acids is 1. The molecule has 0 radical (unpaired) electrons. The number of benzene rings is 1. The molecule has 0 aliphatic carbocycles. The molecule has 1 amide bonds. The van der Waals surface area contributed by atoms with E-state index in [4.69, 9.17) is 5.11 Å². The van der Waals surface area contributed by atoms with Crippen LogP contribution in [0.4, 0.5) is 8.78 Å². The van der Waals surface area contributed by atoms with Gasteiger partial charge in [-0.1, -0.05) is 25.1 Å². The van der Waals surface area contributed by atoms with E-state index in [9.17, 15) is 18.4 Å². The number of carbonyl (C=O) groups excluding carboxylic acids is 1. The van der Waals surface area contributed by atoms with Gasteiger partial charge in [0.25, 0.3) is 0 Å². The van der Waals surface area contributed by atoms with Crippen molar-refractivity contribution in [2.24, 2.45) is 0 Å². The Morgan fingerprint density at radius 3 is 2.54 bits per heavy atom. The number of hydrogen-bond acceptors (Lipinski definition) is 4. The molecule has 0 unspecified atom stereocenters. The lowest BCUT2D eigenvalue weighted by Crippen LogP contribution is -2.48. The molecule has 1 saturated heterocycles. The fourth-order valence-electron chi connectivity index (χ4n) is 3.29. The van der Waals surface area contributed by atoms with Crippen LogP contribution in [0.2, 0.25) is 0 Å². The van der Waals surface area contributed by atoms with Gasteiger partial charge in [-0.05, 0) is 25.5 Å². The highest BCUT2D eigenvalue weighted by Gasteiger charge is 2.27. The van der Waals surface area contributed by atoms with Gasteiger partial charge in [-0.25, -0.2) is 0 Å². The molecule has 0 spiro atoms. The van der Waals surface area contributed by atoms with E-state index >= 15 is 0 Å². The number of piperidine rings is 1. The minimum Gasteiger partial charge on any atom is -0.480 e. The lowest BCUT2D eigenvalue weighted by Gasteiger charge is -2.37. The molecule has 0 saturated carbocycles. The number of likely N-dealkylation sites (N-methyl/N-ethyl adjacent to an activating group) is 1.